The van der Waals surface area contributed by atoms with Crippen LogP contribution >= 0.6 is 0 Å². The Morgan fingerprint density at radius 3 is 2.50 bits per heavy atom. The Kier molecular flexibility index (Phi) is 4.47. The standard InChI is InChI=1S/C12H22N2O2/c1-8(2)11(7-15)14-9(3)5-6-10(14)12(16)13-4/h7-11H,5-6H2,1-4H3,(H,13,16). The third-order valence-electron chi connectivity index (χ3n) is 3.44. The van der Waals surface area contributed by atoms with Crippen molar-refractivity contribution in [2.24, 2.45) is 5.92 Å². The van der Waals surface area contributed by atoms with Crippen LogP contribution < -0.4 is 5.32 Å². The van der Waals surface area contributed by atoms with Gasteiger partial charge in [0.2, 0.25) is 5.91 Å². The van der Waals surface area contributed by atoms with Crippen molar-refractivity contribution < 1.29 is 9.59 Å². The first-order chi connectivity index (χ1) is 7.52. The van der Waals surface area contributed by atoms with Gasteiger partial charge in [0.05, 0.1) is 12.1 Å². The number of hydrogen-bond acceptors (Lipinski definition) is 3. The van der Waals surface area contributed by atoms with Crippen molar-refractivity contribution in [3.05, 3.63) is 0 Å². The molecule has 0 spiro atoms. The third-order valence-corrected chi connectivity index (χ3v) is 3.44. The van der Waals surface area contributed by atoms with Gasteiger partial charge in [-0.05, 0) is 25.7 Å². The van der Waals surface area contributed by atoms with Gasteiger partial charge in [-0.15, -0.1) is 0 Å². The van der Waals surface area contributed by atoms with Gasteiger partial charge >= 0.3 is 0 Å². The molecule has 0 aromatic rings. The van der Waals surface area contributed by atoms with E-state index in [2.05, 4.69) is 17.1 Å². The average Bonchev–Trinajstić information content (AvgIpc) is 2.61. The maximum absolute atomic E-state index is 11.7. The van der Waals surface area contributed by atoms with E-state index in [0.29, 0.717) is 6.04 Å². The summed E-state index contributed by atoms with van der Waals surface area (Å²) in [6.45, 7) is 6.12. The van der Waals surface area contributed by atoms with Crippen molar-refractivity contribution in [1.29, 1.82) is 0 Å². The third kappa shape index (κ3) is 2.43. The molecule has 92 valence electrons. The summed E-state index contributed by atoms with van der Waals surface area (Å²) in [6.07, 6.45) is 2.80. The number of hydrogen-bond donors (Lipinski definition) is 1. The zero-order valence-corrected chi connectivity index (χ0v) is 10.6. The molecule has 4 heteroatoms. The molecule has 0 radical (unpaired) electrons. The Balaban J connectivity index is 2.87. The fraction of sp³-hybridized carbons (Fsp3) is 0.833. The van der Waals surface area contributed by atoms with Crippen LogP contribution in [0.15, 0.2) is 0 Å². The average molecular weight is 226 g/mol. The second-order valence-corrected chi connectivity index (χ2v) is 4.87. The van der Waals surface area contributed by atoms with Gasteiger partial charge in [-0.1, -0.05) is 13.8 Å². The number of likely N-dealkylation sites (N-methyl/N-ethyl adjacent to an activating group) is 1. The van der Waals surface area contributed by atoms with Gasteiger partial charge in [0, 0.05) is 13.1 Å². The number of nitrogens with zero attached hydrogens (tertiary/aromatic N) is 1. The Morgan fingerprint density at radius 2 is 2.06 bits per heavy atom. The van der Waals surface area contributed by atoms with Crippen LogP contribution in [0.4, 0.5) is 0 Å². The lowest BCUT2D eigenvalue weighted by molar-refractivity contribution is -0.128. The molecule has 4 nitrogen and oxygen atoms in total. The monoisotopic (exact) mass is 226 g/mol. The molecule has 1 rings (SSSR count). The van der Waals surface area contributed by atoms with Gasteiger partial charge in [0.25, 0.3) is 0 Å². The van der Waals surface area contributed by atoms with Gasteiger partial charge in [0.1, 0.15) is 6.29 Å². The van der Waals surface area contributed by atoms with E-state index < -0.39 is 0 Å². The molecule has 1 aliphatic rings. The highest BCUT2D eigenvalue weighted by Gasteiger charge is 2.40. The van der Waals surface area contributed by atoms with Crippen molar-refractivity contribution in [3.8, 4) is 0 Å². The van der Waals surface area contributed by atoms with E-state index in [1.807, 2.05) is 13.8 Å². The minimum atomic E-state index is -0.153. The van der Waals surface area contributed by atoms with Crippen LogP contribution in [0, 0.1) is 5.92 Å². The summed E-state index contributed by atoms with van der Waals surface area (Å²) in [5.74, 6) is 0.266. The number of aldehydes is 1. The lowest BCUT2D eigenvalue weighted by atomic mass is 10.0. The molecule has 0 aromatic heterocycles. The molecule has 1 amide bonds. The Hall–Kier alpha value is -0.900. The van der Waals surface area contributed by atoms with E-state index in [1.54, 1.807) is 7.05 Å². The Labute approximate surface area is 97.4 Å². The molecule has 1 N–H and O–H groups in total. The largest absolute Gasteiger partial charge is 0.358 e. The summed E-state index contributed by atoms with van der Waals surface area (Å²) >= 11 is 0. The molecule has 1 saturated heterocycles. The van der Waals surface area contributed by atoms with E-state index in [9.17, 15) is 9.59 Å². The molecular weight excluding hydrogens is 204 g/mol. The molecular formula is C12H22N2O2. The van der Waals surface area contributed by atoms with Crippen LogP contribution in [0.5, 0.6) is 0 Å². The normalized spacial score (nSPS) is 28.1. The van der Waals surface area contributed by atoms with Gasteiger partial charge in [0.15, 0.2) is 0 Å². The molecule has 0 bridgehead atoms. The highest BCUT2D eigenvalue weighted by Crippen LogP contribution is 2.28. The van der Waals surface area contributed by atoms with Gasteiger partial charge in [-0.2, -0.15) is 0 Å². The van der Waals surface area contributed by atoms with E-state index >= 15 is 0 Å². The molecule has 0 aliphatic carbocycles. The lowest BCUT2D eigenvalue weighted by Gasteiger charge is -2.34. The van der Waals surface area contributed by atoms with Crippen LogP contribution in [-0.2, 0) is 9.59 Å². The summed E-state index contributed by atoms with van der Waals surface area (Å²) in [5.41, 5.74) is 0. The van der Waals surface area contributed by atoms with E-state index in [1.165, 1.54) is 0 Å². The van der Waals surface area contributed by atoms with Crippen LogP contribution in [0.1, 0.15) is 33.6 Å². The SMILES string of the molecule is CNC(=O)C1CCC(C)N1C(C=O)C(C)C. The van der Waals surface area contributed by atoms with Crippen molar-refractivity contribution in [3.63, 3.8) is 0 Å². The fourth-order valence-electron chi connectivity index (χ4n) is 2.51. The van der Waals surface area contributed by atoms with Gasteiger partial charge in [-0.3, -0.25) is 9.69 Å². The smallest absolute Gasteiger partial charge is 0.237 e. The number of carbonyl (C=O) groups is 2. The number of amides is 1. The van der Waals surface area contributed by atoms with Crippen molar-refractivity contribution in [2.75, 3.05) is 7.05 Å². The summed E-state index contributed by atoms with van der Waals surface area (Å²) in [4.78, 5) is 25.0. The van der Waals surface area contributed by atoms with Crippen LogP contribution in [0.3, 0.4) is 0 Å². The molecule has 3 unspecified atom stereocenters. The molecule has 1 fully saturated rings. The summed E-state index contributed by atoms with van der Waals surface area (Å²) in [5, 5.41) is 2.68. The second kappa shape index (κ2) is 5.43. The number of carbonyl (C=O) groups excluding carboxylic acids is 2. The predicted molar refractivity (Wildman–Crippen MR) is 63.1 cm³/mol. The van der Waals surface area contributed by atoms with Gasteiger partial charge < -0.3 is 10.1 Å². The van der Waals surface area contributed by atoms with E-state index in [-0.39, 0.29) is 23.9 Å². The van der Waals surface area contributed by atoms with Crippen molar-refractivity contribution >= 4 is 12.2 Å². The minimum absolute atomic E-state index is 0.0249. The highest BCUT2D eigenvalue weighted by molar-refractivity contribution is 5.82. The van der Waals surface area contributed by atoms with E-state index in [4.69, 9.17) is 0 Å². The zero-order chi connectivity index (χ0) is 12.3. The summed E-state index contributed by atoms with van der Waals surface area (Å²) < 4.78 is 0. The fourth-order valence-corrected chi connectivity index (χ4v) is 2.51. The van der Waals surface area contributed by atoms with Crippen LogP contribution in [-0.4, -0.2) is 42.3 Å². The molecule has 1 aliphatic heterocycles. The van der Waals surface area contributed by atoms with Crippen molar-refractivity contribution in [1.82, 2.24) is 10.2 Å². The first kappa shape index (κ1) is 13.2. The van der Waals surface area contributed by atoms with E-state index in [0.717, 1.165) is 19.1 Å². The molecule has 1 heterocycles. The number of likely N-dealkylation sites (tertiary alicyclic amines) is 1. The molecule has 3 atom stereocenters. The number of nitrogens with one attached hydrogen (secondary N) is 1. The Bertz CT molecular complexity index is 266. The quantitative estimate of drug-likeness (QED) is 0.722. The van der Waals surface area contributed by atoms with Crippen LogP contribution in [0.25, 0.3) is 0 Å². The highest BCUT2D eigenvalue weighted by atomic mass is 16.2. The lowest BCUT2D eigenvalue weighted by Crippen LogP contribution is -2.51. The van der Waals surface area contributed by atoms with Crippen LogP contribution in [0.2, 0.25) is 0 Å². The van der Waals surface area contributed by atoms with Crippen molar-refractivity contribution in [2.45, 2.75) is 51.7 Å². The van der Waals surface area contributed by atoms with Gasteiger partial charge in [-0.25, -0.2) is 0 Å². The maximum Gasteiger partial charge on any atom is 0.237 e. The summed E-state index contributed by atoms with van der Waals surface area (Å²) in [6, 6.07) is 0.0114. The first-order valence-electron chi connectivity index (χ1n) is 5.97. The predicted octanol–water partition coefficient (Wildman–Crippen LogP) is 0.809. The molecule has 0 aromatic carbocycles. The topological polar surface area (TPSA) is 49.4 Å². The maximum atomic E-state index is 11.7. The molecule has 0 saturated carbocycles. The zero-order valence-electron chi connectivity index (χ0n) is 10.6. The minimum Gasteiger partial charge on any atom is -0.358 e. The summed E-state index contributed by atoms with van der Waals surface area (Å²) in [7, 11) is 1.65. The Morgan fingerprint density at radius 1 is 1.44 bits per heavy atom. The second-order valence-electron chi connectivity index (χ2n) is 4.87. The first-order valence-corrected chi connectivity index (χ1v) is 5.97. The molecule has 16 heavy (non-hydrogen) atoms. The number of rotatable bonds is 4.